The minimum atomic E-state index is -1.93. The first kappa shape index (κ1) is 11.5. The average Bonchev–Trinajstić information content (AvgIpc) is 2.61. The zero-order valence-electron chi connectivity index (χ0n) is 7.52. The number of nitrogens with one attached hydrogen (secondary N) is 1. The van der Waals surface area contributed by atoms with Crippen LogP contribution in [-0.4, -0.2) is 14.7 Å². The number of hydrogen-bond acceptors (Lipinski definition) is 3. The summed E-state index contributed by atoms with van der Waals surface area (Å²) >= 11 is 17.7. The van der Waals surface area contributed by atoms with Crippen LogP contribution in [0.25, 0.3) is 0 Å². The number of alkyl halides is 3. The van der Waals surface area contributed by atoms with Gasteiger partial charge in [0.2, 0.25) is 0 Å². The van der Waals surface area contributed by atoms with E-state index < -0.39 is 9.70 Å². The minimum Gasteiger partial charge on any atom is -0.298 e. The van der Waals surface area contributed by atoms with Crippen molar-refractivity contribution in [2.24, 2.45) is 0 Å². The van der Waals surface area contributed by atoms with E-state index in [0.717, 1.165) is 25.0 Å². The molecule has 0 aromatic carbocycles. The Labute approximate surface area is 106 Å². The van der Waals surface area contributed by atoms with Gasteiger partial charge in [0.1, 0.15) is 0 Å². The highest BCUT2D eigenvalue weighted by molar-refractivity contribution is 7.16. The smallest absolute Gasteiger partial charge is 0.278 e. The minimum absolute atomic E-state index is 0.510. The van der Waals surface area contributed by atoms with Crippen molar-refractivity contribution in [3.8, 4) is 0 Å². The lowest BCUT2D eigenvalue weighted by Crippen LogP contribution is -2.26. The fraction of sp³-hybridized carbons (Fsp3) is 0.500. The number of fused-ring (bicyclic) bond motifs is 1. The van der Waals surface area contributed by atoms with Crippen LogP contribution in [0.4, 0.5) is 5.13 Å². The number of thiazole rings is 1. The first-order chi connectivity index (χ1) is 6.97. The molecule has 0 atom stereocenters. The van der Waals surface area contributed by atoms with E-state index in [9.17, 15) is 4.79 Å². The number of halogens is 3. The van der Waals surface area contributed by atoms with Gasteiger partial charge in [0.05, 0.1) is 5.69 Å². The van der Waals surface area contributed by atoms with Crippen LogP contribution >= 0.6 is 46.1 Å². The lowest BCUT2D eigenvalue weighted by molar-refractivity contribution is -0.115. The predicted molar refractivity (Wildman–Crippen MR) is 63.1 cm³/mol. The van der Waals surface area contributed by atoms with E-state index >= 15 is 0 Å². The Morgan fingerprint density at radius 1 is 1.40 bits per heavy atom. The van der Waals surface area contributed by atoms with Crippen LogP contribution in [0.5, 0.6) is 0 Å². The normalized spacial score (nSPS) is 15.1. The van der Waals surface area contributed by atoms with E-state index in [1.54, 1.807) is 0 Å². The van der Waals surface area contributed by atoms with Crippen molar-refractivity contribution in [1.82, 2.24) is 4.98 Å². The van der Waals surface area contributed by atoms with Gasteiger partial charge in [0.15, 0.2) is 5.13 Å². The molecule has 0 unspecified atom stereocenters. The molecule has 1 heterocycles. The third kappa shape index (κ3) is 2.56. The number of hydrogen-bond donors (Lipinski definition) is 1. The molecule has 82 valence electrons. The Balaban J connectivity index is 2.09. The van der Waals surface area contributed by atoms with Crippen molar-refractivity contribution in [3.63, 3.8) is 0 Å². The molecule has 2 rings (SSSR count). The molecule has 15 heavy (non-hydrogen) atoms. The van der Waals surface area contributed by atoms with Gasteiger partial charge < -0.3 is 0 Å². The van der Waals surface area contributed by atoms with Crippen LogP contribution < -0.4 is 5.32 Å². The van der Waals surface area contributed by atoms with Gasteiger partial charge in [-0.15, -0.1) is 11.3 Å². The molecule has 1 aliphatic rings. The second kappa shape index (κ2) is 4.09. The molecule has 7 heteroatoms. The number of carbonyl (C=O) groups excluding carboxylic acids is 1. The molecule has 3 nitrogen and oxygen atoms in total. The highest BCUT2D eigenvalue weighted by Crippen LogP contribution is 2.32. The molecule has 0 saturated heterocycles. The maximum absolute atomic E-state index is 11.3. The molecule has 0 spiro atoms. The zero-order valence-corrected chi connectivity index (χ0v) is 10.6. The first-order valence-corrected chi connectivity index (χ1v) is 6.28. The van der Waals surface area contributed by atoms with Gasteiger partial charge in [-0.05, 0) is 19.3 Å². The Hall–Kier alpha value is -0.0300. The maximum Gasteiger partial charge on any atom is 0.278 e. The van der Waals surface area contributed by atoms with E-state index in [1.165, 1.54) is 16.2 Å². The van der Waals surface area contributed by atoms with Crippen molar-refractivity contribution >= 4 is 57.2 Å². The molecule has 1 N–H and O–H groups in total. The van der Waals surface area contributed by atoms with Crippen LogP contribution in [-0.2, 0) is 17.6 Å². The standard InChI is InChI=1S/C8H7Cl3N2OS/c9-8(10,11)6(14)13-7-12-4-2-1-3-5(4)15-7/h1-3H2,(H,12,13,14). The molecular formula is C8H7Cl3N2OS. The van der Waals surface area contributed by atoms with Crippen molar-refractivity contribution in [2.75, 3.05) is 5.32 Å². The molecule has 1 aromatic rings. The number of rotatable bonds is 1. The van der Waals surface area contributed by atoms with E-state index in [4.69, 9.17) is 34.8 Å². The monoisotopic (exact) mass is 284 g/mol. The van der Waals surface area contributed by atoms with Crippen molar-refractivity contribution in [2.45, 2.75) is 23.1 Å². The second-order valence-electron chi connectivity index (χ2n) is 3.19. The van der Waals surface area contributed by atoms with Gasteiger partial charge >= 0.3 is 0 Å². The van der Waals surface area contributed by atoms with E-state index in [-0.39, 0.29) is 0 Å². The molecule has 0 saturated carbocycles. The van der Waals surface area contributed by atoms with Crippen molar-refractivity contribution in [1.29, 1.82) is 0 Å². The summed E-state index contributed by atoms with van der Waals surface area (Å²) in [5, 5.41) is 2.99. The lowest BCUT2D eigenvalue weighted by Gasteiger charge is -2.08. The summed E-state index contributed by atoms with van der Waals surface area (Å²) in [7, 11) is 0. The van der Waals surface area contributed by atoms with E-state index in [1.807, 2.05) is 0 Å². The summed E-state index contributed by atoms with van der Waals surface area (Å²) < 4.78 is -1.93. The molecule has 1 amide bonds. The van der Waals surface area contributed by atoms with Gasteiger partial charge in [0.25, 0.3) is 9.70 Å². The molecule has 1 aliphatic carbocycles. The van der Waals surface area contributed by atoms with Gasteiger partial charge in [0, 0.05) is 4.88 Å². The topological polar surface area (TPSA) is 42.0 Å². The summed E-state index contributed by atoms with van der Waals surface area (Å²) in [5.41, 5.74) is 1.06. The summed E-state index contributed by atoms with van der Waals surface area (Å²) in [6.07, 6.45) is 3.12. The average molecular weight is 286 g/mol. The maximum atomic E-state index is 11.3. The summed E-state index contributed by atoms with van der Waals surface area (Å²) in [6, 6.07) is 0. The molecule has 0 aliphatic heterocycles. The van der Waals surface area contributed by atoms with E-state index in [0.29, 0.717) is 5.13 Å². The van der Waals surface area contributed by atoms with Crippen molar-refractivity contribution < 1.29 is 4.79 Å². The lowest BCUT2D eigenvalue weighted by atomic mass is 10.4. The largest absolute Gasteiger partial charge is 0.298 e. The number of aromatic nitrogens is 1. The zero-order chi connectivity index (χ0) is 11.1. The van der Waals surface area contributed by atoms with Gasteiger partial charge in [-0.1, -0.05) is 34.8 Å². The van der Waals surface area contributed by atoms with Crippen LogP contribution in [0.2, 0.25) is 0 Å². The van der Waals surface area contributed by atoms with Crippen LogP contribution in [0.15, 0.2) is 0 Å². The number of nitrogens with zero attached hydrogens (tertiary/aromatic N) is 1. The van der Waals surface area contributed by atoms with E-state index in [2.05, 4.69) is 10.3 Å². The predicted octanol–water partition coefficient (Wildman–Crippen LogP) is 2.94. The number of amides is 1. The Morgan fingerprint density at radius 3 is 2.73 bits per heavy atom. The summed E-state index contributed by atoms with van der Waals surface area (Å²) in [5.74, 6) is -0.667. The highest BCUT2D eigenvalue weighted by Gasteiger charge is 2.31. The fourth-order valence-corrected chi connectivity index (χ4v) is 2.60. The van der Waals surface area contributed by atoms with Crippen LogP contribution in [0.3, 0.4) is 0 Å². The molecule has 0 radical (unpaired) electrons. The summed E-state index contributed by atoms with van der Waals surface area (Å²) in [4.78, 5) is 16.8. The third-order valence-corrected chi connectivity index (χ3v) is 3.66. The molecule has 0 bridgehead atoms. The number of anilines is 1. The Morgan fingerprint density at radius 2 is 2.13 bits per heavy atom. The third-order valence-electron chi connectivity index (χ3n) is 2.07. The van der Waals surface area contributed by atoms with Gasteiger partial charge in [-0.3, -0.25) is 10.1 Å². The van der Waals surface area contributed by atoms with Gasteiger partial charge in [-0.2, -0.15) is 0 Å². The van der Waals surface area contributed by atoms with Crippen LogP contribution in [0, 0.1) is 0 Å². The quantitative estimate of drug-likeness (QED) is 0.806. The summed E-state index contributed by atoms with van der Waals surface area (Å²) in [6.45, 7) is 0. The highest BCUT2D eigenvalue weighted by atomic mass is 35.6. The Kier molecular flexibility index (Phi) is 3.12. The second-order valence-corrected chi connectivity index (χ2v) is 6.56. The SMILES string of the molecule is O=C(Nc1nc2c(s1)CCC2)C(Cl)(Cl)Cl. The van der Waals surface area contributed by atoms with Crippen LogP contribution in [0.1, 0.15) is 17.0 Å². The molecular weight excluding hydrogens is 279 g/mol. The van der Waals surface area contributed by atoms with Gasteiger partial charge in [-0.25, -0.2) is 4.98 Å². The van der Waals surface area contributed by atoms with Crippen molar-refractivity contribution in [3.05, 3.63) is 10.6 Å². The molecule has 1 aromatic heterocycles. The number of aryl methyl sites for hydroxylation is 2. The Bertz CT molecular complexity index is 378. The first-order valence-electron chi connectivity index (χ1n) is 4.33. The number of carbonyl (C=O) groups is 1. The molecule has 0 fully saturated rings. The fourth-order valence-electron chi connectivity index (χ4n) is 1.41.